The van der Waals surface area contributed by atoms with Crippen LogP contribution in [0, 0.1) is 0 Å². The van der Waals surface area contributed by atoms with Gasteiger partial charge in [0.15, 0.2) is 4.34 Å². The summed E-state index contributed by atoms with van der Waals surface area (Å²) in [6.07, 6.45) is 3.06. The maximum Gasteiger partial charge on any atom is 0.176 e. The van der Waals surface area contributed by atoms with Crippen molar-refractivity contribution in [2.24, 2.45) is 0 Å². The molecule has 0 saturated heterocycles. The van der Waals surface area contributed by atoms with Crippen LogP contribution in [0.15, 0.2) is 28.0 Å². The Balaban J connectivity index is 2.25. The lowest BCUT2D eigenvalue weighted by molar-refractivity contribution is 1.13. The smallest absolute Gasteiger partial charge is 0.176 e. The first kappa shape index (κ1) is 9.70. The van der Waals surface area contributed by atoms with Crippen molar-refractivity contribution in [2.45, 2.75) is 9.37 Å². The summed E-state index contributed by atoms with van der Waals surface area (Å²) in [5.74, 6) is 0. The van der Waals surface area contributed by atoms with Crippen LogP contribution in [0.4, 0.5) is 5.69 Å². The van der Waals surface area contributed by atoms with Crippen LogP contribution in [0.2, 0.25) is 5.02 Å². The largest absolute Gasteiger partial charge is 0.397 e. The molecule has 0 radical (unpaired) electrons. The van der Waals surface area contributed by atoms with E-state index >= 15 is 0 Å². The van der Waals surface area contributed by atoms with E-state index in [1.54, 1.807) is 12.3 Å². The standard InChI is InChI=1S/C7H5ClN4S2/c8-5-1-4(9)2-10-6(5)13-7-11-3-12-14-7/h1-3H,9H2. The van der Waals surface area contributed by atoms with Gasteiger partial charge in [0, 0.05) is 0 Å². The van der Waals surface area contributed by atoms with E-state index in [1.807, 2.05) is 0 Å². The van der Waals surface area contributed by atoms with Crippen molar-refractivity contribution in [3.63, 3.8) is 0 Å². The van der Waals surface area contributed by atoms with Gasteiger partial charge in [-0.1, -0.05) is 11.6 Å². The number of anilines is 1. The lowest BCUT2D eigenvalue weighted by Crippen LogP contribution is -1.88. The second kappa shape index (κ2) is 4.12. The topological polar surface area (TPSA) is 64.7 Å². The zero-order valence-electron chi connectivity index (χ0n) is 6.85. The van der Waals surface area contributed by atoms with Crippen molar-refractivity contribution < 1.29 is 0 Å². The predicted octanol–water partition coefficient (Wildman–Crippen LogP) is 2.32. The molecular weight excluding hydrogens is 240 g/mol. The number of hydrogen-bond donors (Lipinski definition) is 1. The molecule has 0 saturated carbocycles. The maximum atomic E-state index is 5.94. The molecule has 0 atom stereocenters. The first-order valence-electron chi connectivity index (χ1n) is 3.61. The molecule has 0 aliphatic carbocycles. The fourth-order valence-corrected chi connectivity index (χ4v) is 2.42. The van der Waals surface area contributed by atoms with Gasteiger partial charge in [0.2, 0.25) is 0 Å². The van der Waals surface area contributed by atoms with E-state index in [1.165, 1.54) is 29.6 Å². The second-order valence-corrected chi connectivity index (χ2v) is 4.79. The van der Waals surface area contributed by atoms with Gasteiger partial charge < -0.3 is 5.73 Å². The Morgan fingerprint density at radius 3 is 2.93 bits per heavy atom. The highest BCUT2D eigenvalue weighted by molar-refractivity contribution is 8.01. The summed E-state index contributed by atoms with van der Waals surface area (Å²) in [5, 5.41) is 1.22. The van der Waals surface area contributed by atoms with Crippen molar-refractivity contribution in [1.82, 2.24) is 14.3 Å². The fraction of sp³-hybridized carbons (Fsp3) is 0. The molecule has 14 heavy (non-hydrogen) atoms. The number of hydrogen-bond acceptors (Lipinski definition) is 6. The summed E-state index contributed by atoms with van der Waals surface area (Å²) >= 11 is 8.62. The molecule has 0 fully saturated rings. The Labute approximate surface area is 93.7 Å². The van der Waals surface area contributed by atoms with Gasteiger partial charge in [0.1, 0.15) is 11.4 Å². The number of nitrogen functional groups attached to an aromatic ring is 1. The van der Waals surface area contributed by atoms with Crippen LogP contribution in [0.1, 0.15) is 0 Å². The maximum absolute atomic E-state index is 5.94. The van der Waals surface area contributed by atoms with Crippen LogP contribution in [-0.2, 0) is 0 Å². The Morgan fingerprint density at radius 2 is 2.29 bits per heavy atom. The molecular formula is C7H5ClN4S2. The molecule has 7 heteroatoms. The lowest BCUT2D eigenvalue weighted by atomic mass is 10.4. The van der Waals surface area contributed by atoms with E-state index in [2.05, 4.69) is 14.3 Å². The highest BCUT2D eigenvalue weighted by atomic mass is 35.5. The van der Waals surface area contributed by atoms with Gasteiger partial charge in [-0.3, -0.25) is 0 Å². The number of rotatable bonds is 2. The van der Waals surface area contributed by atoms with E-state index in [-0.39, 0.29) is 0 Å². The number of pyridine rings is 1. The Hall–Kier alpha value is -0.850. The van der Waals surface area contributed by atoms with Crippen molar-refractivity contribution >= 4 is 40.6 Å². The zero-order chi connectivity index (χ0) is 9.97. The monoisotopic (exact) mass is 244 g/mol. The molecule has 0 aromatic carbocycles. The quantitative estimate of drug-likeness (QED) is 0.878. The Bertz CT molecular complexity index is 431. The summed E-state index contributed by atoms with van der Waals surface area (Å²) in [7, 11) is 0. The van der Waals surface area contributed by atoms with E-state index in [9.17, 15) is 0 Å². The van der Waals surface area contributed by atoms with Crippen LogP contribution in [0.25, 0.3) is 0 Å². The summed E-state index contributed by atoms with van der Waals surface area (Å²) in [5.41, 5.74) is 6.07. The second-order valence-electron chi connectivity index (χ2n) is 2.36. The van der Waals surface area contributed by atoms with Crippen LogP contribution >= 0.6 is 34.9 Å². The van der Waals surface area contributed by atoms with E-state index in [0.717, 1.165) is 4.34 Å². The molecule has 2 N–H and O–H groups in total. The molecule has 2 heterocycles. The highest BCUT2D eigenvalue weighted by Crippen LogP contribution is 2.32. The summed E-state index contributed by atoms with van der Waals surface area (Å²) in [6.45, 7) is 0. The fourth-order valence-electron chi connectivity index (χ4n) is 0.806. The molecule has 0 aliphatic rings. The van der Waals surface area contributed by atoms with E-state index < -0.39 is 0 Å². The molecule has 0 spiro atoms. The van der Waals surface area contributed by atoms with Crippen molar-refractivity contribution in [3.05, 3.63) is 23.6 Å². The minimum absolute atomic E-state index is 0.533. The molecule has 2 rings (SSSR count). The van der Waals surface area contributed by atoms with Crippen molar-refractivity contribution in [2.75, 3.05) is 5.73 Å². The molecule has 0 aliphatic heterocycles. The molecule has 0 amide bonds. The SMILES string of the molecule is Nc1cnc(Sc2ncns2)c(Cl)c1. The molecule has 0 bridgehead atoms. The summed E-state index contributed by atoms with van der Waals surface area (Å²) < 4.78 is 4.69. The van der Waals surface area contributed by atoms with E-state index in [0.29, 0.717) is 15.7 Å². The van der Waals surface area contributed by atoms with Gasteiger partial charge in [0.25, 0.3) is 0 Å². The normalized spacial score (nSPS) is 10.4. The zero-order valence-corrected chi connectivity index (χ0v) is 9.23. The lowest BCUT2D eigenvalue weighted by Gasteiger charge is -2.00. The first-order valence-corrected chi connectivity index (χ1v) is 5.58. The number of aromatic nitrogens is 3. The molecule has 2 aromatic heterocycles. The molecule has 4 nitrogen and oxygen atoms in total. The average molecular weight is 245 g/mol. The molecule has 72 valence electrons. The molecule has 0 unspecified atom stereocenters. The third kappa shape index (κ3) is 2.14. The minimum atomic E-state index is 0.533. The van der Waals surface area contributed by atoms with Gasteiger partial charge in [-0.25, -0.2) is 9.97 Å². The number of halogens is 1. The van der Waals surface area contributed by atoms with Crippen molar-refractivity contribution in [3.8, 4) is 0 Å². The van der Waals surface area contributed by atoms with Crippen LogP contribution in [-0.4, -0.2) is 14.3 Å². The number of nitrogens with two attached hydrogens (primary N) is 1. The van der Waals surface area contributed by atoms with E-state index in [4.69, 9.17) is 17.3 Å². The third-order valence-corrected chi connectivity index (χ3v) is 3.49. The van der Waals surface area contributed by atoms with Gasteiger partial charge in [-0.15, -0.1) is 0 Å². The van der Waals surface area contributed by atoms with Gasteiger partial charge in [-0.2, -0.15) is 4.37 Å². The summed E-state index contributed by atoms with van der Waals surface area (Å²) in [6, 6.07) is 1.66. The van der Waals surface area contributed by atoms with Crippen LogP contribution in [0.5, 0.6) is 0 Å². The summed E-state index contributed by atoms with van der Waals surface area (Å²) in [4.78, 5) is 8.11. The van der Waals surface area contributed by atoms with Crippen LogP contribution < -0.4 is 5.73 Å². The number of nitrogens with zero attached hydrogens (tertiary/aromatic N) is 3. The van der Waals surface area contributed by atoms with Gasteiger partial charge in [0.05, 0.1) is 16.9 Å². The Kier molecular flexibility index (Phi) is 2.85. The predicted molar refractivity (Wildman–Crippen MR) is 57.7 cm³/mol. The minimum Gasteiger partial charge on any atom is -0.397 e. The Morgan fingerprint density at radius 1 is 1.43 bits per heavy atom. The molecule has 2 aromatic rings. The third-order valence-electron chi connectivity index (χ3n) is 1.35. The first-order chi connectivity index (χ1) is 6.75. The van der Waals surface area contributed by atoms with Crippen molar-refractivity contribution in [1.29, 1.82) is 0 Å². The van der Waals surface area contributed by atoms with Gasteiger partial charge >= 0.3 is 0 Å². The highest BCUT2D eigenvalue weighted by Gasteiger charge is 2.06. The van der Waals surface area contributed by atoms with Gasteiger partial charge in [-0.05, 0) is 29.4 Å². The van der Waals surface area contributed by atoms with Crippen LogP contribution in [0.3, 0.4) is 0 Å². The average Bonchev–Trinajstić information content (AvgIpc) is 2.62.